The molecule has 0 spiro atoms. The first-order chi connectivity index (χ1) is 10.1. The van der Waals surface area contributed by atoms with Crippen molar-refractivity contribution >= 4 is 35.0 Å². The van der Waals surface area contributed by atoms with Crippen molar-refractivity contribution in [3.8, 4) is 0 Å². The normalized spacial score (nSPS) is 12.4. The van der Waals surface area contributed by atoms with E-state index in [1.807, 2.05) is 19.1 Å². The summed E-state index contributed by atoms with van der Waals surface area (Å²) in [6.07, 6.45) is 0. The van der Waals surface area contributed by atoms with Crippen LogP contribution in [-0.2, 0) is 0 Å². The predicted octanol–water partition coefficient (Wildman–Crippen LogP) is 5.58. The van der Waals surface area contributed by atoms with E-state index in [1.54, 1.807) is 30.0 Å². The molecule has 21 heavy (non-hydrogen) atoms. The summed E-state index contributed by atoms with van der Waals surface area (Å²) in [7, 11) is 0. The van der Waals surface area contributed by atoms with Gasteiger partial charge in [-0.1, -0.05) is 42.3 Å². The van der Waals surface area contributed by atoms with Gasteiger partial charge in [-0.25, -0.2) is 4.39 Å². The van der Waals surface area contributed by atoms with Gasteiger partial charge in [0, 0.05) is 16.7 Å². The van der Waals surface area contributed by atoms with Gasteiger partial charge in [0.05, 0.1) is 10.0 Å². The van der Waals surface area contributed by atoms with Crippen LogP contribution >= 0.6 is 35.0 Å². The van der Waals surface area contributed by atoms with E-state index in [9.17, 15) is 4.39 Å². The van der Waals surface area contributed by atoms with Gasteiger partial charge in [0.1, 0.15) is 5.82 Å². The molecular weight excluding hydrogens is 328 g/mol. The van der Waals surface area contributed by atoms with Crippen LogP contribution in [0.2, 0.25) is 10.0 Å². The lowest BCUT2D eigenvalue weighted by molar-refractivity contribution is 0.606. The summed E-state index contributed by atoms with van der Waals surface area (Å²) in [5.74, 6) is 0.569. The van der Waals surface area contributed by atoms with Crippen LogP contribution < -0.4 is 5.32 Å². The fraction of sp³-hybridized carbons (Fsp3) is 0.250. The lowest BCUT2D eigenvalue weighted by Crippen LogP contribution is -2.23. The maximum absolute atomic E-state index is 12.9. The van der Waals surface area contributed by atoms with Crippen LogP contribution in [0.25, 0.3) is 0 Å². The molecule has 2 aromatic rings. The van der Waals surface area contributed by atoms with E-state index in [4.69, 9.17) is 23.2 Å². The molecule has 2 aromatic carbocycles. The maximum atomic E-state index is 12.9. The molecule has 1 N–H and O–H groups in total. The molecule has 1 atom stereocenters. The number of nitrogens with one attached hydrogen (secondary N) is 1. The van der Waals surface area contributed by atoms with Crippen molar-refractivity contribution in [1.29, 1.82) is 0 Å². The number of hydrogen-bond donors (Lipinski definition) is 1. The van der Waals surface area contributed by atoms with Crippen LogP contribution in [0.5, 0.6) is 0 Å². The van der Waals surface area contributed by atoms with Crippen LogP contribution in [0, 0.1) is 5.82 Å². The molecule has 1 unspecified atom stereocenters. The highest BCUT2D eigenvalue weighted by atomic mass is 35.5. The first-order valence-corrected chi connectivity index (χ1v) is 8.41. The van der Waals surface area contributed by atoms with E-state index in [0.29, 0.717) is 10.0 Å². The standard InChI is InChI=1S/C16H16Cl2FNS/c1-2-20-15(13-4-3-5-14(17)16(13)18)10-21-12-8-6-11(19)7-9-12/h3-9,15,20H,2,10H2,1H3. The number of benzene rings is 2. The average Bonchev–Trinajstić information content (AvgIpc) is 2.48. The van der Waals surface area contributed by atoms with Crippen LogP contribution in [0.15, 0.2) is 47.4 Å². The van der Waals surface area contributed by atoms with E-state index >= 15 is 0 Å². The molecule has 0 saturated heterocycles. The topological polar surface area (TPSA) is 12.0 Å². The number of halogens is 3. The highest BCUT2D eigenvalue weighted by molar-refractivity contribution is 7.99. The van der Waals surface area contributed by atoms with E-state index in [0.717, 1.165) is 22.8 Å². The van der Waals surface area contributed by atoms with Crippen molar-refractivity contribution < 1.29 is 4.39 Å². The van der Waals surface area contributed by atoms with Gasteiger partial charge in [0.2, 0.25) is 0 Å². The molecule has 0 aliphatic heterocycles. The van der Waals surface area contributed by atoms with Crippen molar-refractivity contribution in [3.63, 3.8) is 0 Å². The third-order valence-corrected chi connectivity index (χ3v) is 4.98. The summed E-state index contributed by atoms with van der Waals surface area (Å²) in [4.78, 5) is 1.03. The first-order valence-electron chi connectivity index (χ1n) is 6.67. The zero-order chi connectivity index (χ0) is 15.2. The lowest BCUT2D eigenvalue weighted by Gasteiger charge is -2.19. The Balaban J connectivity index is 2.12. The highest BCUT2D eigenvalue weighted by Crippen LogP contribution is 2.33. The predicted molar refractivity (Wildman–Crippen MR) is 90.0 cm³/mol. The fourth-order valence-corrected chi connectivity index (χ4v) is 3.43. The van der Waals surface area contributed by atoms with Crippen molar-refractivity contribution in [2.45, 2.75) is 17.9 Å². The molecule has 0 aromatic heterocycles. The number of rotatable bonds is 6. The van der Waals surface area contributed by atoms with E-state index in [1.165, 1.54) is 12.1 Å². The number of hydrogen-bond acceptors (Lipinski definition) is 2. The van der Waals surface area contributed by atoms with Crippen LogP contribution in [0.4, 0.5) is 4.39 Å². The molecule has 5 heteroatoms. The molecule has 2 rings (SSSR count). The summed E-state index contributed by atoms with van der Waals surface area (Å²) < 4.78 is 12.9. The zero-order valence-corrected chi connectivity index (χ0v) is 13.9. The summed E-state index contributed by atoms with van der Waals surface area (Å²) in [5.41, 5.74) is 0.987. The van der Waals surface area contributed by atoms with Crippen molar-refractivity contribution in [2.24, 2.45) is 0 Å². The Kier molecular flexibility index (Phi) is 6.37. The maximum Gasteiger partial charge on any atom is 0.123 e. The van der Waals surface area contributed by atoms with E-state index in [2.05, 4.69) is 5.32 Å². The molecule has 0 bridgehead atoms. The Hall–Kier alpha value is -0.740. The third kappa shape index (κ3) is 4.62. The average molecular weight is 344 g/mol. The molecule has 0 saturated carbocycles. The SMILES string of the molecule is CCNC(CSc1ccc(F)cc1)c1cccc(Cl)c1Cl. The van der Waals surface area contributed by atoms with E-state index in [-0.39, 0.29) is 11.9 Å². The Labute approximate surface area is 138 Å². The summed E-state index contributed by atoms with van der Waals surface area (Å²) in [6.45, 7) is 2.88. The highest BCUT2D eigenvalue weighted by Gasteiger charge is 2.15. The van der Waals surface area contributed by atoms with Crippen LogP contribution in [0.1, 0.15) is 18.5 Å². The first kappa shape index (κ1) is 16.6. The Morgan fingerprint density at radius 2 is 1.86 bits per heavy atom. The van der Waals surface area contributed by atoms with Crippen molar-refractivity contribution in [1.82, 2.24) is 5.32 Å². The molecule has 0 amide bonds. The minimum Gasteiger partial charge on any atom is -0.309 e. The second-order valence-corrected chi connectivity index (χ2v) is 6.40. The van der Waals surface area contributed by atoms with Gasteiger partial charge in [0.15, 0.2) is 0 Å². The minimum atomic E-state index is -0.222. The van der Waals surface area contributed by atoms with Gasteiger partial charge in [-0.05, 0) is 42.4 Å². The van der Waals surface area contributed by atoms with Crippen LogP contribution in [0.3, 0.4) is 0 Å². The molecule has 0 heterocycles. The Bertz CT molecular complexity index is 589. The van der Waals surface area contributed by atoms with E-state index < -0.39 is 0 Å². The fourth-order valence-electron chi connectivity index (χ4n) is 2.01. The lowest BCUT2D eigenvalue weighted by atomic mass is 10.1. The molecule has 0 aliphatic carbocycles. The monoisotopic (exact) mass is 343 g/mol. The summed E-state index contributed by atoms with van der Waals surface area (Å²) in [6, 6.07) is 12.3. The molecule has 0 radical (unpaired) electrons. The smallest absolute Gasteiger partial charge is 0.123 e. The molecule has 0 aliphatic rings. The number of thioether (sulfide) groups is 1. The van der Waals surface area contributed by atoms with Gasteiger partial charge in [-0.3, -0.25) is 0 Å². The second kappa shape index (κ2) is 8.04. The Morgan fingerprint density at radius 1 is 1.14 bits per heavy atom. The Morgan fingerprint density at radius 3 is 2.52 bits per heavy atom. The van der Waals surface area contributed by atoms with Gasteiger partial charge in [0.25, 0.3) is 0 Å². The van der Waals surface area contributed by atoms with Gasteiger partial charge < -0.3 is 5.32 Å². The summed E-state index contributed by atoms with van der Waals surface area (Å²) >= 11 is 14.0. The van der Waals surface area contributed by atoms with Gasteiger partial charge in [-0.15, -0.1) is 11.8 Å². The summed E-state index contributed by atoms with van der Waals surface area (Å²) in [5, 5.41) is 4.56. The van der Waals surface area contributed by atoms with Crippen LogP contribution in [-0.4, -0.2) is 12.3 Å². The molecular formula is C16H16Cl2FNS. The van der Waals surface area contributed by atoms with Crippen molar-refractivity contribution in [2.75, 3.05) is 12.3 Å². The minimum absolute atomic E-state index is 0.0938. The molecule has 0 fully saturated rings. The quantitative estimate of drug-likeness (QED) is 0.687. The largest absolute Gasteiger partial charge is 0.309 e. The van der Waals surface area contributed by atoms with Crippen molar-refractivity contribution in [3.05, 3.63) is 63.9 Å². The third-order valence-electron chi connectivity index (χ3n) is 3.04. The second-order valence-electron chi connectivity index (χ2n) is 4.52. The molecule has 1 nitrogen and oxygen atoms in total. The van der Waals surface area contributed by atoms with Gasteiger partial charge in [-0.2, -0.15) is 0 Å². The zero-order valence-electron chi connectivity index (χ0n) is 11.6. The molecule has 112 valence electrons. The van der Waals surface area contributed by atoms with Gasteiger partial charge >= 0.3 is 0 Å².